The van der Waals surface area contributed by atoms with E-state index in [1.165, 1.54) is 26.2 Å². The summed E-state index contributed by atoms with van der Waals surface area (Å²) in [5, 5.41) is 5.50. The molecule has 0 saturated heterocycles. The summed E-state index contributed by atoms with van der Waals surface area (Å²) in [5.74, 6) is 0.580. The molecule has 0 aromatic heterocycles. The van der Waals surface area contributed by atoms with Crippen molar-refractivity contribution in [3.8, 4) is 0 Å². The van der Waals surface area contributed by atoms with Gasteiger partial charge in [0.05, 0.1) is 12.7 Å². The van der Waals surface area contributed by atoms with Crippen LogP contribution in [0.2, 0.25) is 0 Å². The summed E-state index contributed by atoms with van der Waals surface area (Å²) in [5.41, 5.74) is 1.19. The Balaban J connectivity index is 1.69. The zero-order chi connectivity index (χ0) is 16.7. The number of Topliss-reactive ketones (excluding diaryl/α,β-unsaturated/α-hetero) is 1. The molecule has 2 N–H and O–H groups in total. The molecule has 2 atom stereocenters. The fourth-order valence-corrected chi connectivity index (χ4v) is 2.90. The van der Waals surface area contributed by atoms with E-state index in [1.54, 1.807) is 24.3 Å². The normalized spacial score (nSPS) is 20.8. The van der Waals surface area contributed by atoms with Gasteiger partial charge in [0.1, 0.15) is 0 Å². The number of ketones is 1. The van der Waals surface area contributed by atoms with E-state index in [9.17, 15) is 9.59 Å². The first kappa shape index (κ1) is 17.5. The van der Waals surface area contributed by atoms with Crippen LogP contribution in [-0.2, 0) is 4.74 Å². The van der Waals surface area contributed by atoms with Gasteiger partial charge in [0, 0.05) is 17.8 Å². The zero-order valence-electron chi connectivity index (χ0n) is 13.9. The molecule has 0 radical (unpaired) electrons. The zero-order valence-corrected chi connectivity index (χ0v) is 13.9. The van der Waals surface area contributed by atoms with Crippen LogP contribution >= 0.6 is 0 Å². The van der Waals surface area contributed by atoms with Gasteiger partial charge in [-0.3, -0.25) is 4.79 Å². The van der Waals surface area contributed by atoms with E-state index in [-0.39, 0.29) is 11.8 Å². The van der Waals surface area contributed by atoms with Crippen LogP contribution in [0, 0.1) is 5.92 Å². The molecule has 0 aliphatic heterocycles. The first-order valence-corrected chi connectivity index (χ1v) is 8.33. The second-order valence-corrected chi connectivity index (χ2v) is 6.19. The van der Waals surface area contributed by atoms with Gasteiger partial charge in [-0.25, -0.2) is 4.79 Å². The van der Waals surface area contributed by atoms with Crippen LogP contribution in [0.3, 0.4) is 0 Å². The highest BCUT2D eigenvalue weighted by atomic mass is 16.5. The van der Waals surface area contributed by atoms with Crippen LogP contribution < -0.4 is 10.6 Å². The lowest BCUT2D eigenvalue weighted by Crippen LogP contribution is -2.34. The largest absolute Gasteiger partial charge is 0.376 e. The average molecular weight is 318 g/mol. The van der Waals surface area contributed by atoms with Crippen LogP contribution in [-0.4, -0.2) is 31.1 Å². The number of anilines is 1. The van der Waals surface area contributed by atoms with E-state index < -0.39 is 0 Å². The van der Waals surface area contributed by atoms with Crippen LogP contribution in [0.25, 0.3) is 0 Å². The molecule has 0 heterocycles. The fourth-order valence-electron chi connectivity index (χ4n) is 2.90. The second kappa shape index (κ2) is 8.67. The number of ether oxygens (including phenoxy) is 1. The molecule has 1 saturated carbocycles. The molecule has 5 nitrogen and oxygen atoms in total. The van der Waals surface area contributed by atoms with E-state index in [0.29, 0.717) is 36.4 Å². The maximum atomic E-state index is 11.8. The van der Waals surface area contributed by atoms with Crippen molar-refractivity contribution in [2.45, 2.75) is 45.6 Å². The van der Waals surface area contributed by atoms with Crippen molar-refractivity contribution in [1.82, 2.24) is 5.32 Å². The standard InChI is InChI=1S/C18H26N2O3/c1-13-6-3-4-9-17(13)23-11-10-19-18(22)20-16-8-5-7-15(12-16)14(2)21/h5,7-8,12-13,17H,3-4,6,9-11H2,1-2H3,(H2,19,20,22)/t13-,17+/m1/s1. The smallest absolute Gasteiger partial charge is 0.319 e. The summed E-state index contributed by atoms with van der Waals surface area (Å²) in [6, 6.07) is 6.62. The van der Waals surface area contributed by atoms with Crippen molar-refractivity contribution in [3.05, 3.63) is 29.8 Å². The predicted octanol–water partition coefficient (Wildman–Crippen LogP) is 3.61. The van der Waals surface area contributed by atoms with Gasteiger partial charge < -0.3 is 15.4 Å². The Labute approximate surface area is 137 Å². The second-order valence-electron chi connectivity index (χ2n) is 6.19. The Morgan fingerprint density at radius 1 is 1.26 bits per heavy atom. The molecule has 2 rings (SSSR count). The van der Waals surface area contributed by atoms with Gasteiger partial charge in [-0.1, -0.05) is 31.9 Å². The molecule has 1 fully saturated rings. The molecule has 1 aromatic carbocycles. The molecule has 1 aliphatic carbocycles. The van der Waals surface area contributed by atoms with E-state index in [4.69, 9.17) is 4.74 Å². The van der Waals surface area contributed by atoms with E-state index >= 15 is 0 Å². The van der Waals surface area contributed by atoms with Crippen molar-refractivity contribution in [2.24, 2.45) is 5.92 Å². The summed E-state index contributed by atoms with van der Waals surface area (Å²) < 4.78 is 5.86. The SMILES string of the molecule is CC(=O)c1cccc(NC(=O)NCCO[C@H]2CCCC[C@H]2C)c1. The number of rotatable bonds is 6. The van der Waals surface area contributed by atoms with E-state index in [1.807, 2.05) is 0 Å². The van der Waals surface area contributed by atoms with Gasteiger partial charge in [-0.05, 0) is 37.8 Å². The molecule has 1 aliphatic rings. The number of hydrogen-bond donors (Lipinski definition) is 2. The first-order valence-electron chi connectivity index (χ1n) is 8.33. The number of carbonyl (C=O) groups is 2. The van der Waals surface area contributed by atoms with Gasteiger partial charge >= 0.3 is 6.03 Å². The molecule has 5 heteroatoms. The molecule has 23 heavy (non-hydrogen) atoms. The number of carbonyl (C=O) groups excluding carboxylic acids is 2. The van der Waals surface area contributed by atoms with Crippen molar-refractivity contribution < 1.29 is 14.3 Å². The molecule has 2 amide bonds. The number of nitrogens with one attached hydrogen (secondary N) is 2. The maximum Gasteiger partial charge on any atom is 0.319 e. The third-order valence-electron chi connectivity index (χ3n) is 4.28. The van der Waals surface area contributed by atoms with Crippen LogP contribution in [0.1, 0.15) is 49.9 Å². The van der Waals surface area contributed by atoms with E-state index in [2.05, 4.69) is 17.6 Å². The lowest BCUT2D eigenvalue weighted by atomic mass is 9.88. The Bertz CT molecular complexity index is 545. The van der Waals surface area contributed by atoms with Crippen molar-refractivity contribution in [3.63, 3.8) is 0 Å². The quantitative estimate of drug-likeness (QED) is 0.622. The van der Waals surface area contributed by atoms with Crippen molar-refractivity contribution >= 4 is 17.5 Å². The Morgan fingerprint density at radius 2 is 2.04 bits per heavy atom. The predicted molar refractivity (Wildman–Crippen MR) is 90.8 cm³/mol. The van der Waals surface area contributed by atoms with Gasteiger partial charge in [0.2, 0.25) is 0 Å². The molecule has 0 spiro atoms. The lowest BCUT2D eigenvalue weighted by Gasteiger charge is -2.28. The Kier molecular flexibility index (Phi) is 6.59. The van der Waals surface area contributed by atoms with Gasteiger partial charge in [0.15, 0.2) is 5.78 Å². The Hall–Kier alpha value is -1.88. The fraction of sp³-hybridized carbons (Fsp3) is 0.556. The number of amides is 2. The summed E-state index contributed by atoms with van der Waals surface area (Å²) in [7, 11) is 0. The van der Waals surface area contributed by atoms with Gasteiger partial charge in [-0.2, -0.15) is 0 Å². The number of benzene rings is 1. The number of hydrogen-bond acceptors (Lipinski definition) is 3. The molecule has 0 bridgehead atoms. The highest BCUT2D eigenvalue weighted by Crippen LogP contribution is 2.25. The maximum absolute atomic E-state index is 11.8. The molecular weight excluding hydrogens is 292 g/mol. The molecular formula is C18H26N2O3. The third-order valence-corrected chi connectivity index (χ3v) is 4.28. The number of urea groups is 1. The lowest BCUT2D eigenvalue weighted by molar-refractivity contribution is -0.00232. The minimum atomic E-state index is -0.286. The van der Waals surface area contributed by atoms with Crippen LogP contribution in [0.5, 0.6) is 0 Å². The minimum absolute atomic E-state index is 0.0240. The molecule has 1 aromatic rings. The van der Waals surface area contributed by atoms with E-state index in [0.717, 1.165) is 6.42 Å². The molecule has 0 unspecified atom stereocenters. The monoisotopic (exact) mass is 318 g/mol. The van der Waals surface area contributed by atoms with Crippen LogP contribution in [0.4, 0.5) is 10.5 Å². The summed E-state index contributed by atoms with van der Waals surface area (Å²) in [6.07, 6.45) is 5.19. The topological polar surface area (TPSA) is 67.4 Å². The third kappa shape index (κ3) is 5.67. The minimum Gasteiger partial charge on any atom is -0.376 e. The van der Waals surface area contributed by atoms with Gasteiger partial charge in [0.25, 0.3) is 0 Å². The molecule has 126 valence electrons. The van der Waals surface area contributed by atoms with Crippen molar-refractivity contribution in [1.29, 1.82) is 0 Å². The summed E-state index contributed by atoms with van der Waals surface area (Å²) in [6.45, 7) is 4.73. The summed E-state index contributed by atoms with van der Waals surface area (Å²) in [4.78, 5) is 23.2. The van der Waals surface area contributed by atoms with Crippen molar-refractivity contribution in [2.75, 3.05) is 18.5 Å². The first-order chi connectivity index (χ1) is 11.1. The van der Waals surface area contributed by atoms with Gasteiger partial charge in [-0.15, -0.1) is 0 Å². The highest BCUT2D eigenvalue weighted by molar-refractivity contribution is 5.96. The highest BCUT2D eigenvalue weighted by Gasteiger charge is 2.21. The summed E-state index contributed by atoms with van der Waals surface area (Å²) >= 11 is 0. The average Bonchev–Trinajstić information content (AvgIpc) is 2.53. The Morgan fingerprint density at radius 3 is 2.78 bits per heavy atom. The van der Waals surface area contributed by atoms with Crippen LogP contribution in [0.15, 0.2) is 24.3 Å².